The van der Waals surface area contributed by atoms with Gasteiger partial charge in [0.05, 0.1) is 27.2 Å². The smallest absolute Gasteiger partial charge is 0.231 e. The van der Waals surface area contributed by atoms with Crippen LogP contribution in [0.4, 0.5) is 10.1 Å². The highest BCUT2D eigenvalue weighted by molar-refractivity contribution is 7.21. The number of anilines is 1. The molecule has 0 aliphatic rings. The molecular formula is C24H24FN3O3S. The molecule has 0 bridgehead atoms. The van der Waals surface area contributed by atoms with Crippen molar-refractivity contribution in [2.45, 2.75) is 34.1 Å². The van der Waals surface area contributed by atoms with Crippen molar-refractivity contribution >= 4 is 44.6 Å². The lowest BCUT2D eigenvalue weighted by molar-refractivity contribution is -0.124. The number of pyridine rings is 1. The number of fused-ring (bicyclic) bond motifs is 1. The summed E-state index contributed by atoms with van der Waals surface area (Å²) in [6.07, 6.45) is 4.99. The normalized spacial score (nSPS) is 12.0. The number of ketones is 1. The largest absolute Gasteiger partial charge is 0.453 e. The Labute approximate surface area is 189 Å². The van der Waals surface area contributed by atoms with Crippen LogP contribution in [-0.4, -0.2) is 22.4 Å². The van der Waals surface area contributed by atoms with E-state index >= 15 is 0 Å². The molecule has 3 aromatic rings. The number of thiophene rings is 1. The van der Waals surface area contributed by atoms with E-state index < -0.39 is 11.7 Å². The van der Waals surface area contributed by atoms with Gasteiger partial charge in [-0.1, -0.05) is 19.9 Å². The van der Waals surface area contributed by atoms with Crippen molar-refractivity contribution in [2.24, 2.45) is 10.9 Å². The molecule has 166 valence electrons. The van der Waals surface area contributed by atoms with Gasteiger partial charge in [0.15, 0.2) is 11.6 Å². The molecule has 3 rings (SSSR count). The van der Waals surface area contributed by atoms with E-state index in [1.807, 2.05) is 19.1 Å². The molecule has 1 aromatic carbocycles. The molecule has 0 spiro atoms. The van der Waals surface area contributed by atoms with E-state index in [2.05, 4.69) is 29.1 Å². The third kappa shape index (κ3) is 5.64. The van der Waals surface area contributed by atoms with Crippen LogP contribution in [0.15, 0.2) is 53.8 Å². The number of hydrogen-bond donors (Lipinski definition) is 1. The summed E-state index contributed by atoms with van der Waals surface area (Å²) >= 11 is 1.49. The molecule has 0 atom stereocenters. The van der Waals surface area contributed by atoms with Gasteiger partial charge >= 0.3 is 0 Å². The number of nitrogens with one attached hydrogen (secondary N) is 1. The summed E-state index contributed by atoms with van der Waals surface area (Å²) < 4.78 is 21.3. The number of ether oxygens (including phenoxy) is 1. The van der Waals surface area contributed by atoms with E-state index in [1.54, 1.807) is 18.5 Å². The Morgan fingerprint density at radius 1 is 1.25 bits per heavy atom. The molecule has 0 aliphatic carbocycles. The number of rotatable bonds is 8. The molecule has 0 aliphatic heterocycles. The number of allylic oxidation sites excluding steroid dienone is 1. The maximum absolute atomic E-state index is 14.6. The van der Waals surface area contributed by atoms with Crippen LogP contribution in [0.25, 0.3) is 10.2 Å². The number of benzene rings is 1. The van der Waals surface area contributed by atoms with E-state index in [0.29, 0.717) is 5.75 Å². The van der Waals surface area contributed by atoms with E-state index in [-0.39, 0.29) is 29.6 Å². The van der Waals surface area contributed by atoms with Crippen molar-refractivity contribution < 1.29 is 18.7 Å². The second kappa shape index (κ2) is 10.3. The molecule has 2 aromatic heterocycles. The number of hydrogen-bond acceptors (Lipinski definition) is 6. The molecule has 0 unspecified atom stereocenters. The van der Waals surface area contributed by atoms with Gasteiger partial charge in [0, 0.05) is 30.2 Å². The zero-order valence-corrected chi connectivity index (χ0v) is 19.1. The van der Waals surface area contributed by atoms with Gasteiger partial charge in [-0.3, -0.25) is 19.6 Å². The van der Waals surface area contributed by atoms with Crippen LogP contribution in [0, 0.1) is 11.7 Å². The first-order valence-corrected chi connectivity index (χ1v) is 10.9. The average Bonchev–Trinajstić information content (AvgIpc) is 3.14. The number of halogens is 1. The molecule has 8 heteroatoms. The van der Waals surface area contributed by atoms with E-state index in [4.69, 9.17) is 4.74 Å². The highest BCUT2D eigenvalue weighted by atomic mass is 32.1. The molecule has 0 saturated heterocycles. The molecular weight excluding hydrogens is 429 g/mol. The van der Waals surface area contributed by atoms with E-state index in [1.165, 1.54) is 30.4 Å². The maximum Gasteiger partial charge on any atom is 0.231 e. The van der Waals surface area contributed by atoms with Crippen LogP contribution in [-0.2, 0) is 9.59 Å². The fraction of sp³-hybridized carbons (Fsp3) is 0.250. The van der Waals surface area contributed by atoms with Crippen LogP contribution in [0.2, 0.25) is 0 Å². The molecule has 0 fully saturated rings. The Kier molecular flexibility index (Phi) is 7.48. The number of nitrogens with zero attached hydrogens (tertiary/aromatic N) is 2. The summed E-state index contributed by atoms with van der Waals surface area (Å²) in [7, 11) is 0. The summed E-state index contributed by atoms with van der Waals surface area (Å²) in [6.45, 7) is 7.38. The van der Waals surface area contributed by atoms with Crippen molar-refractivity contribution in [2.75, 3.05) is 5.32 Å². The zero-order chi connectivity index (χ0) is 23.3. The Balaban J connectivity index is 1.88. The van der Waals surface area contributed by atoms with Crippen molar-refractivity contribution in [1.29, 1.82) is 0 Å². The Bertz CT molecular complexity index is 1210. The summed E-state index contributed by atoms with van der Waals surface area (Å²) in [5.41, 5.74) is 1.93. The highest BCUT2D eigenvalue weighted by Crippen LogP contribution is 2.37. The van der Waals surface area contributed by atoms with Crippen molar-refractivity contribution in [3.8, 4) is 11.5 Å². The minimum atomic E-state index is -0.634. The lowest BCUT2D eigenvalue weighted by atomic mass is 10.1. The van der Waals surface area contributed by atoms with Crippen LogP contribution < -0.4 is 10.1 Å². The quantitative estimate of drug-likeness (QED) is 0.329. The Morgan fingerprint density at radius 3 is 2.69 bits per heavy atom. The summed E-state index contributed by atoms with van der Waals surface area (Å²) in [5.74, 6) is -0.683. The number of aliphatic imine (C=N–C) groups is 1. The minimum absolute atomic E-state index is 0.0173. The number of Topliss-reactive ketones (excluding diaryl/α,β-unsaturated/α-hetero) is 1. The van der Waals surface area contributed by atoms with Crippen molar-refractivity contribution in [3.63, 3.8) is 0 Å². The number of carbonyl (C=O) groups excluding carboxylic acids is 2. The van der Waals surface area contributed by atoms with Gasteiger partial charge in [0.2, 0.25) is 5.91 Å². The van der Waals surface area contributed by atoms with Crippen LogP contribution in [0.5, 0.6) is 11.5 Å². The zero-order valence-electron chi connectivity index (χ0n) is 18.3. The summed E-state index contributed by atoms with van der Waals surface area (Å²) in [5, 5.41) is 2.50. The number of amides is 1. The van der Waals surface area contributed by atoms with Gasteiger partial charge in [-0.2, -0.15) is 0 Å². The third-order valence-electron chi connectivity index (χ3n) is 4.38. The topological polar surface area (TPSA) is 80.7 Å². The molecule has 1 amide bonds. The first-order valence-electron chi connectivity index (χ1n) is 10.1. The highest BCUT2D eigenvalue weighted by Gasteiger charge is 2.16. The Hall–Kier alpha value is -3.39. The molecule has 2 heterocycles. The van der Waals surface area contributed by atoms with Gasteiger partial charge in [0.1, 0.15) is 11.5 Å². The fourth-order valence-corrected chi connectivity index (χ4v) is 4.19. The van der Waals surface area contributed by atoms with Gasteiger partial charge in [-0.25, -0.2) is 4.39 Å². The van der Waals surface area contributed by atoms with Crippen LogP contribution in [0.1, 0.15) is 39.0 Å². The fourth-order valence-electron chi connectivity index (χ4n) is 2.98. The number of carbonyl (C=O) groups is 2. The van der Waals surface area contributed by atoms with Gasteiger partial charge in [-0.15, -0.1) is 11.3 Å². The average molecular weight is 454 g/mol. The van der Waals surface area contributed by atoms with E-state index in [0.717, 1.165) is 26.9 Å². The summed E-state index contributed by atoms with van der Waals surface area (Å²) in [6, 6.07) is 7.76. The van der Waals surface area contributed by atoms with Crippen LogP contribution >= 0.6 is 11.3 Å². The second-order valence-corrected chi connectivity index (χ2v) is 8.51. The lowest BCUT2D eigenvalue weighted by Crippen LogP contribution is -2.14. The SMILES string of the molecule is C/C=C\N=C(\c1cc2nccc(Oc3ccc(NC(=O)CC(C)=O)cc3F)c2s1)C(C)C. The van der Waals surface area contributed by atoms with Crippen molar-refractivity contribution in [3.05, 3.63) is 59.5 Å². The van der Waals surface area contributed by atoms with Crippen molar-refractivity contribution in [1.82, 2.24) is 4.98 Å². The molecule has 1 N–H and O–H groups in total. The number of aromatic nitrogens is 1. The lowest BCUT2D eigenvalue weighted by Gasteiger charge is -2.10. The first kappa shape index (κ1) is 23.3. The van der Waals surface area contributed by atoms with Gasteiger partial charge in [-0.05, 0) is 38.0 Å². The van der Waals surface area contributed by atoms with Gasteiger partial charge in [0.25, 0.3) is 0 Å². The molecule has 6 nitrogen and oxygen atoms in total. The standard InChI is InChI=1S/C24H24FN3O3S/c1-5-9-27-23(14(2)3)21-13-18-24(32-21)20(8-10-26-18)31-19-7-6-16(12-17(19)25)28-22(30)11-15(4)29/h5-10,12-14H,11H2,1-4H3,(H,28,30)/b9-5-,27-23+. The predicted molar refractivity (Wildman–Crippen MR) is 126 cm³/mol. The second-order valence-electron chi connectivity index (χ2n) is 7.46. The monoisotopic (exact) mass is 453 g/mol. The summed E-state index contributed by atoms with van der Waals surface area (Å²) in [4.78, 5) is 32.7. The first-order chi connectivity index (χ1) is 15.3. The molecule has 32 heavy (non-hydrogen) atoms. The third-order valence-corrected chi connectivity index (χ3v) is 5.54. The Morgan fingerprint density at radius 2 is 2.03 bits per heavy atom. The predicted octanol–water partition coefficient (Wildman–Crippen LogP) is 6.12. The maximum atomic E-state index is 14.6. The van der Waals surface area contributed by atoms with Crippen LogP contribution in [0.3, 0.4) is 0 Å². The molecule has 0 saturated carbocycles. The van der Waals surface area contributed by atoms with E-state index in [9.17, 15) is 14.0 Å². The van der Waals surface area contributed by atoms with Gasteiger partial charge < -0.3 is 10.1 Å². The molecule has 0 radical (unpaired) electrons. The minimum Gasteiger partial charge on any atom is -0.453 e.